The molecule has 116 valence electrons. The molecule has 1 aromatic heterocycles. The number of aromatic nitrogens is 3. The molecular weight excluding hydrogens is 264 g/mol. The summed E-state index contributed by atoms with van der Waals surface area (Å²) in [6, 6.07) is 0. The minimum absolute atomic E-state index is 0.345. The van der Waals surface area contributed by atoms with E-state index in [1.165, 1.54) is 38.5 Å². The van der Waals surface area contributed by atoms with Crippen molar-refractivity contribution < 1.29 is 0 Å². The molecule has 1 aromatic rings. The first kappa shape index (κ1) is 14.4. The van der Waals surface area contributed by atoms with Gasteiger partial charge in [-0.05, 0) is 31.6 Å². The molecule has 0 unspecified atom stereocenters. The third-order valence-corrected chi connectivity index (χ3v) is 4.61. The predicted molar refractivity (Wildman–Crippen MR) is 85.5 cm³/mol. The highest BCUT2D eigenvalue weighted by Crippen LogP contribution is 2.25. The van der Waals surface area contributed by atoms with Crippen LogP contribution in [0.2, 0.25) is 0 Å². The SMILES string of the molecule is CCCC1CCN(c2nc(N)nc(N3CCCC3)n2)CC1. The van der Waals surface area contributed by atoms with Crippen LogP contribution in [0.15, 0.2) is 0 Å². The summed E-state index contributed by atoms with van der Waals surface area (Å²) in [4.78, 5) is 17.8. The zero-order valence-electron chi connectivity index (χ0n) is 13.0. The van der Waals surface area contributed by atoms with Crippen molar-refractivity contribution in [1.29, 1.82) is 0 Å². The van der Waals surface area contributed by atoms with E-state index in [4.69, 9.17) is 5.73 Å². The van der Waals surface area contributed by atoms with Crippen molar-refractivity contribution in [2.24, 2.45) is 5.92 Å². The molecule has 0 saturated carbocycles. The van der Waals surface area contributed by atoms with Gasteiger partial charge < -0.3 is 15.5 Å². The van der Waals surface area contributed by atoms with Crippen molar-refractivity contribution in [2.75, 3.05) is 41.7 Å². The summed E-state index contributed by atoms with van der Waals surface area (Å²) < 4.78 is 0. The predicted octanol–water partition coefficient (Wildman–Crippen LogP) is 2.07. The highest BCUT2D eigenvalue weighted by atomic mass is 15.4. The standard InChI is InChI=1S/C15H26N6/c1-2-5-12-6-10-21(11-7-12)15-18-13(16)17-14(19-15)20-8-3-4-9-20/h12H,2-11H2,1H3,(H2,16,17,18,19). The van der Waals surface area contributed by atoms with Crippen molar-refractivity contribution >= 4 is 17.8 Å². The van der Waals surface area contributed by atoms with Crippen LogP contribution in [0.5, 0.6) is 0 Å². The highest BCUT2D eigenvalue weighted by molar-refractivity contribution is 5.44. The highest BCUT2D eigenvalue weighted by Gasteiger charge is 2.23. The Bertz CT molecular complexity index is 463. The lowest BCUT2D eigenvalue weighted by Crippen LogP contribution is -2.35. The minimum Gasteiger partial charge on any atom is -0.368 e. The number of hydrogen-bond acceptors (Lipinski definition) is 6. The van der Waals surface area contributed by atoms with E-state index < -0.39 is 0 Å². The molecule has 0 aromatic carbocycles. The van der Waals surface area contributed by atoms with E-state index in [1.807, 2.05) is 0 Å². The smallest absolute Gasteiger partial charge is 0.231 e. The maximum Gasteiger partial charge on any atom is 0.231 e. The molecule has 6 heteroatoms. The first-order valence-electron chi connectivity index (χ1n) is 8.27. The van der Waals surface area contributed by atoms with E-state index in [9.17, 15) is 0 Å². The van der Waals surface area contributed by atoms with Gasteiger partial charge in [-0.15, -0.1) is 0 Å². The van der Waals surface area contributed by atoms with Crippen molar-refractivity contribution in [3.8, 4) is 0 Å². The largest absolute Gasteiger partial charge is 0.368 e. The lowest BCUT2D eigenvalue weighted by molar-refractivity contribution is 0.376. The number of anilines is 3. The fourth-order valence-corrected chi connectivity index (χ4v) is 3.40. The number of nitrogens with two attached hydrogens (primary N) is 1. The Morgan fingerprint density at radius 3 is 2.10 bits per heavy atom. The molecule has 2 saturated heterocycles. The normalized spacial score (nSPS) is 20.2. The number of nitrogens with zero attached hydrogens (tertiary/aromatic N) is 5. The Morgan fingerprint density at radius 2 is 1.52 bits per heavy atom. The fraction of sp³-hybridized carbons (Fsp3) is 0.800. The lowest BCUT2D eigenvalue weighted by Gasteiger charge is -2.32. The van der Waals surface area contributed by atoms with Gasteiger partial charge in [0.05, 0.1) is 0 Å². The molecule has 6 nitrogen and oxygen atoms in total. The topological polar surface area (TPSA) is 71.2 Å². The zero-order chi connectivity index (χ0) is 14.7. The Balaban J connectivity index is 1.70. The number of nitrogen functional groups attached to an aromatic ring is 1. The Morgan fingerprint density at radius 1 is 0.952 bits per heavy atom. The molecule has 0 radical (unpaired) electrons. The number of piperidine rings is 1. The molecule has 0 atom stereocenters. The van der Waals surface area contributed by atoms with Gasteiger partial charge in [0.15, 0.2) is 0 Å². The van der Waals surface area contributed by atoms with Crippen molar-refractivity contribution in [1.82, 2.24) is 15.0 Å². The summed E-state index contributed by atoms with van der Waals surface area (Å²) in [5.41, 5.74) is 5.89. The summed E-state index contributed by atoms with van der Waals surface area (Å²) >= 11 is 0. The van der Waals surface area contributed by atoms with Crippen LogP contribution in [0.4, 0.5) is 17.8 Å². The maximum atomic E-state index is 5.89. The minimum atomic E-state index is 0.345. The molecule has 3 heterocycles. The number of hydrogen-bond donors (Lipinski definition) is 1. The Kier molecular flexibility index (Phi) is 4.41. The van der Waals surface area contributed by atoms with Crippen LogP contribution in [-0.2, 0) is 0 Å². The van der Waals surface area contributed by atoms with Gasteiger partial charge in [-0.25, -0.2) is 0 Å². The quantitative estimate of drug-likeness (QED) is 0.915. The van der Waals surface area contributed by atoms with Gasteiger partial charge in [0, 0.05) is 26.2 Å². The summed E-state index contributed by atoms with van der Waals surface area (Å²) in [7, 11) is 0. The molecule has 21 heavy (non-hydrogen) atoms. The summed E-state index contributed by atoms with van der Waals surface area (Å²) in [5.74, 6) is 2.73. The van der Waals surface area contributed by atoms with Crippen molar-refractivity contribution in [3.63, 3.8) is 0 Å². The lowest BCUT2D eigenvalue weighted by atomic mass is 9.93. The third kappa shape index (κ3) is 3.36. The van der Waals surface area contributed by atoms with Crippen LogP contribution < -0.4 is 15.5 Å². The third-order valence-electron chi connectivity index (χ3n) is 4.61. The maximum absolute atomic E-state index is 5.89. The van der Waals surface area contributed by atoms with Gasteiger partial charge in [0.25, 0.3) is 0 Å². The first-order valence-corrected chi connectivity index (χ1v) is 8.27. The van der Waals surface area contributed by atoms with E-state index in [-0.39, 0.29) is 0 Å². The average Bonchev–Trinajstić information content (AvgIpc) is 3.02. The van der Waals surface area contributed by atoms with Crippen molar-refractivity contribution in [3.05, 3.63) is 0 Å². The Labute approximate surface area is 126 Å². The van der Waals surface area contributed by atoms with Gasteiger partial charge in [0.2, 0.25) is 17.8 Å². The molecule has 0 amide bonds. The molecule has 0 aliphatic carbocycles. The van der Waals surface area contributed by atoms with Crippen LogP contribution in [0, 0.1) is 5.92 Å². The zero-order valence-corrected chi connectivity index (χ0v) is 13.0. The van der Waals surface area contributed by atoms with Gasteiger partial charge in [-0.3, -0.25) is 0 Å². The van der Waals surface area contributed by atoms with Crippen molar-refractivity contribution in [2.45, 2.75) is 45.4 Å². The van der Waals surface area contributed by atoms with Gasteiger partial charge >= 0.3 is 0 Å². The van der Waals surface area contributed by atoms with E-state index in [0.29, 0.717) is 5.95 Å². The second-order valence-electron chi connectivity index (χ2n) is 6.21. The second-order valence-corrected chi connectivity index (χ2v) is 6.21. The molecule has 2 fully saturated rings. The molecule has 0 spiro atoms. The molecule has 2 aliphatic heterocycles. The van der Waals surface area contributed by atoms with E-state index in [2.05, 4.69) is 31.7 Å². The van der Waals surface area contributed by atoms with Crippen LogP contribution in [0.1, 0.15) is 45.4 Å². The van der Waals surface area contributed by atoms with Crippen LogP contribution >= 0.6 is 0 Å². The average molecular weight is 290 g/mol. The van der Waals surface area contributed by atoms with Crippen LogP contribution in [-0.4, -0.2) is 41.1 Å². The fourth-order valence-electron chi connectivity index (χ4n) is 3.40. The van der Waals surface area contributed by atoms with E-state index in [1.54, 1.807) is 0 Å². The van der Waals surface area contributed by atoms with E-state index >= 15 is 0 Å². The number of rotatable bonds is 4. The summed E-state index contributed by atoms with van der Waals surface area (Å²) in [5, 5.41) is 0. The molecule has 2 aliphatic rings. The summed E-state index contributed by atoms with van der Waals surface area (Å²) in [6.07, 6.45) is 7.51. The summed E-state index contributed by atoms with van der Waals surface area (Å²) in [6.45, 7) is 6.39. The second kappa shape index (κ2) is 6.45. The van der Waals surface area contributed by atoms with Crippen LogP contribution in [0.3, 0.4) is 0 Å². The molecule has 0 bridgehead atoms. The molecular formula is C15H26N6. The Hall–Kier alpha value is -1.59. The van der Waals surface area contributed by atoms with E-state index in [0.717, 1.165) is 44.0 Å². The first-order chi connectivity index (χ1) is 10.3. The molecule has 3 rings (SSSR count). The van der Waals surface area contributed by atoms with Gasteiger partial charge in [-0.2, -0.15) is 15.0 Å². The molecule has 2 N–H and O–H groups in total. The van der Waals surface area contributed by atoms with Gasteiger partial charge in [-0.1, -0.05) is 19.8 Å². The van der Waals surface area contributed by atoms with Crippen LogP contribution in [0.25, 0.3) is 0 Å². The van der Waals surface area contributed by atoms with Gasteiger partial charge in [0.1, 0.15) is 0 Å². The monoisotopic (exact) mass is 290 g/mol.